The minimum atomic E-state index is -3.24. The van der Waals surface area contributed by atoms with Crippen LogP contribution in [0.3, 0.4) is 0 Å². The van der Waals surface area contributed by atoms with Crippen molar-refractivity contribution in [3.05, 3.63) is 34.3 Å². The molecule has 0 aliphatic carbocycles. The molecule has 0 saturated carbocycles. The van der Waals surface area contributed by atoms with Gasteiger partial charge in [-0.15, -0.1) is 0 Å². The SMILES string of the molecule is O=CC1=Cc2ccccc2S(=O)(=O)[Se]1. The first-order valence-corrected chi connectivity index (χ1v) is 8.20. The number of carbonyl (C=O) groups is 1. The number of benzene rings is 1. The third-order valence-corrected chi connectivity index (χ3v) is 7.30. The van der Waals surface area contributed by atoms with Crippen LogP contribution in [0.1, 0.15) is 5.56 Å². The van der Waals surface area contributed by atoms with Gasteiger partial charge in [0.15, 0.2) is 0 Å². The first-order valence-electron chi connectivity index (χ1n) is 3.84. The minimum absolute atomic E-state index is 0.339. The van der Waals surface area contributed by atoms with Crippen molar-refractivity contribution in [2.45, 2.75) is 4.90 Å². The summed E-state index contributed by atoms with van der Waals surface area (Å²) in [6.07, 6.45) is 2.26. The number of hydrogen-bond acceptors (Lipinski definition) is 3. The summed E-state index contributed by atoms with van der Waals surface area (Å²) in [5, 5.41) is 0. The van der Waals surface area contributed by atoms with Crippen LogP contribution < -0.4 is 0 Å². The molecular weight excluding hydrogens is 267 g/mol. The Balaban J connectivity index is 2.73. The van der Waals surface area contributed by atoms with Crippen LogP contribution in [0.5, 0.6) is 0 Å². The zero-order valence-electron chi connectivity index (χ0n) is 7.01. The first kappa shape index (κ1) is 9.65. The fourth-order valence-electron chi connectivity index (χ4n) is 1.23. The zero-order chi connectivity index (χ0) is 10.2. The average molecular weight is 273 g/mol. The van der Waals surface area contributed by atoms with E-state index < -0.39 is 22.1 Å². The molecule has 1 aromatic rings. The topological polar surface area (TPSA) is 51.2 Å². The maximum atomic E-state index is 11.7. The molecule has 3 nitrogen and oxygen atoms in total. The molecule has 1 heterocycles. The predicted octanol–water partition coefficient (Wildman–Crippen LogP) is 0.633. The van der Waals surface area contributed by atoms with Gasteiger partial charge in [-0.2, -0.15) is 0 Å². The Morgan fingerprint density at radius 3 is 2.64 bits per heavy atom. The van der Waals surface area contributed by atoms with Crippen molar-refractivity contribution in [2.24, 2.45) is 0 Å². The van der Waals surface area contributed by atoms with Crippen LogP contribution in [0.4, 0.5) is 0 Å². The molecule has 1 aliphatic rings. The van der Waals surface area contributed by atoms with E-state index in [-0.39, 0.29) is 0 Å². The van der Waals surface area contributed by atoms with Crippen LogP contribution in [-0.4, -0.2) is 28.5 Å². The summed E-state index contributed by atoms with van der Waals surface area (Å²) in [7, 11) is -3.24. The van der Waals surface area contributed by atoms with Crippen molar-refractivity contribution < 1.29 is 13.2 Å². The number of rotatable bonds is 1. The summed E-state index contributed by atoms with van der Waals surface area (Å²) in [5.74, 6) is 0. The van der Waals surface area contributed by atoms with Crippen LogP contribution in [0.15, 0.2) is 33.6 Å². The van der Waals surface area contributed by atoms with Gasteiger partial charge < -0.3 is 0 Å². The second kappa shape index (κ2) is 3.35. The third kappa shape index (κ3) is 1.54. The Bertz CT molecular complexity index is 517. The van der Waals surface area contributed by atoms with Gasteiger partial charge in [-0.1, -0.05) is 0 Å². The van der Waals surface area contributed by atoms with E-state index in [4.69, 9.17) is 0 Å². The van der Waals surface area contributed by atoms with Crippen molar-refractivity contribution in [1.82, 2.24) is 0 Å². The van der Waals surface area contributed by atoms with Gasteiger partial charge in [0.1, 0.15) is 0 Å². The van der Waals surface area contributed by atoms with Crippen LogP contribution in [0.2, 0.25) is 0 Å². The summed E-state index contributed by atoms with van der Waals surface area (Å²) in [6, 6.07) is 6.72. The van der Waals surface area contributed by atoms with Gasteiger partial charge in [0.2, 0.25) is 0 Å². The van der Waals surface area contributed by atoms with E-state index in [1.54, 1.807) is 30.3 Å². The first-order chi connectivity index (χ1) is 6.63. The molecule has 0 spiro atoms. The average Bonchev–Trinajstić information content (AvgIpc) is 2.17. The Hall–Kier alpha value is -0.901. The van der Waals surface area contributed by atoms with E-state index in [2.05, 4.69) is 0 Å². The second-order valence-electron chi connectivity index (χ2n) is 2.74. The molecule has 0 atom stereocenters. The van der Waals surface area contributed by atoms with E-state index in [0.717, 1.165) is 0 Å². The molecule has 0 unspecified atom stereocenters. The Morgan fingerprint density at radius 1 is 1.21 bits per heavy atom. The molecule has 0 aromatic heterocycles. The molecule has 5 heteroatoms. The molecular formula is C9H6O3SSe. The number of carbonyl (C=O) groups excluding carboxylic acids is 1. The van der Waals surface area contributed by atoms with Crippen molar-refractivity contribution in [3.8, 4) is 0 Å². The van der Waals surface area contributed by atoms with Gasteiger partial charge in [-0.3, -0.25) is 0 Å². The van der Waals surface area contributed by atoms with Gasteiger partial charge in [-0.05, 0) is 0 Å². The summed E-state index contributed by atoms with van der Waals surface area (Å²) in [4.78, 5) is 10.9. The van der Waals surface area contributed by atoms with Gasteiger partial charge in [-0.25, -0.2) is 0 Å². The number of hydrogen-bond donors (Lipinski definition) is 0. The fourth-order valence-corrected chi connectivity index (χ4v) is 6.25. The second-order valence-corrected chi connectivity index (χ2v) is 9.05. The fraction of sp³-hybridized carbons (Fsp3) is 0. The molecule has 0 amide bonds. The van der Waals surface area contributed by atoms with Gasteiger partial charge in [0.25, 0.3) is 0 Å². The van der Waals surface area contributed by atoms with Crippen molar-refractivity contribution in [3.63, 3.8) is 0 Å². The molecule has 1 aromatic carbocycles. The molecule has 0 fully saturated rings. The van der Waals surface area contributed by atoms with Crippen LogP contribution in [0.25, 0.3) is 6.08 Å². The van der Waals surface area contributed by atoms with Gasteiger partial charge in [0.05, 0.1) is 0 Å². The summed E-state index contributed by atoms with van der Waals surface area (Å²) < 4.78 is 23.7. The quantitative estimate of drug-likeness (QED) is 0.557. The molecule has 1 aliphatic heterocycles. The molecule has 72 valence electrons. The molecule has 0 bridgehead atoms. The van der Waals surface area contributed by atoms with E-state index in [9.17, 15) is 13.2 Å². The third-order valence-electron chi connectivity index (χ3n) is 1.81. The summed E-state index contributed by atoms with van der Waals surface area (Å²) in [6.45, 7) is 0. The van der Waals surface area contributed by atoms with E-state index in [0.29, 0.717) is 21.2 Å². The molecule has 2 rings (SSSR count). The normalized spacial score (nSPS) is 18.1. The van der Waals surface area contributed by atoms with E-state index >= 15 is 0 Å². The maximum absolute atomic E-state index is 11.7. The van der Waals surface area contributed by atoms with Crippen molar-refractivity contribution in [1.29, 1.82) is 0 Å². The van der Waals surface area contributed by atoms with Crippen molar-refractivity contribution in [2.75, 3.05) is 0 Å². The molecule has 0 N–H and O–H groups in total. The number of aldehydes is 1. The molecule has 14 heavy (non-hydrogen) atoms. The van der Waals surface area contributed by atoms with Crippen LogP contribution in [0, 0.1) is 0 Å². The Kier molecular flexibility index (Phi) is 2.31. The monoisotopic (exact) mass is 274 g/mol. The van der Waals surface area contributed by atoms with Gasteiger partial charge in [0, 0.05) is 0 Å². The zero-order valence-corrected chi connectivity index (χ0v) is 9.53. The number of allylic oxidation sites excluding steroid dienone is 1. The van der Waals surface area contributed by atoms with Crippen molar-refractivity contribution >= 4 is 34.5 Å². The standard InChI is InChI=1S/C9H6O3SSe/c10-6-8-5-7-3-1-2-4-9(7)13(11,12)14-8/h1-6H. The van der Waals surface area contributed by atoms with Crippen LogP contribution in [-0.2, 0) is 13.0 Å². The summed E-state index contributed by atoms with van der Waals surface area (Å²) >= 11 is -0.775. The predicted molar refractivity (Wildman–Crippen MR) is 53.4 cm³/mol. The van der Waals surface area contributed by atoms with E-state index in [1.807, 2.05) is 0 Å². The van der Waals surface area contributed by atoms with Gasteiger partial charge >= 0.3 is 86.9 Å². The van der Waals surface area contributed by atoms with E-state index in [1.165, 1.54) is 0 Å². The van der Waals surface area contributed by atoms with Crippen LogP contribution >= 0.6 is 0 Å². The Morgan fingerprint density at radius 2 is 1.93 bits per heavy atom. The Labute approximate surface area is 87.0 Å². The number of fused-ring (bicyclic) bond motifs is 1. The molecule has 0 saturated heterocycles. The summed E-state index contributed by atoms with van der Waals surface area (Å²) in [5.41, 5.74) is 0.614. The molecule has 0 radical (unpaired) electrons.